The lowest BCUT2D eigenvalue weighted by Gasteiger charge is -2.10. The standard InChI is InChI=1S/C19H15ClINO2S2/c1-2-22-18(23)17(26-19(22)25)10-13-5-8-16(15(21)9-13)24-11-12-3-6-14(20)7-4-12/h3-10H,2,11H2,1H3/b17-10-. The molecule has 0 unspecified atom stereocenters. The summed E-state index contributed by atoms with van der Waals surface area (Å²) in [6.45, 7) is 2.99. The van der Waals surface area contributed by atoms with Crippen molar-refractivity contribution in [1.29, 1.82) is 0 Å². The molecular weight excluding hydrogens is 501 g/mol. The van der Waals surface area contributed by atoms with Crippen LogP contribution in [0.1, 0.15) is 18.1 Å². The molecule has 3 nitrogen and oxygen atoms in total. The summed E-state index contributed by atoms with van der Waals surface area (Å²) >= 11 is 14.7. The van der Waals surface area contributed by atoms with Crippen molar-refractivity contribution < 1.29 is 9.53 Å². The molecule has 2 aromatic rings. The molecule has 0 atom stereocenters. The van der Waals surface area contributed by atoms with Gasteiger partial charge in [0.2, 0.25) is 0 Å². The van der Waals surface area contributed by atoms with Crippen molar-refractivity contribution in [1.82, 2.24) is 4.90 Å². The molecule has 0 spiro atoms. The molecule has 2 aromatic carbocycles. The highest BCUT2D eigenvalue weighted by molar-refractivity contribution is 14.1. The van der Waals surface area contributed by atoms with E-state index in [4.69, 9.17) is 28.6 Å². The fourth-order valence-electron chi connectivity index (χ4n) is 2.39. The highest BCUT2D eigenvalue weighted by Crippen LogP contribution is 2.33. The summed E-state index contributed by atoms with van der Waals surface area (Å²) in [7, 11) is 0. The predicted molar refractivity (Wildman–Crippen MR) is 120 cm³/mol. The number of hydrogen-bond acceptors (Lipinski definition) is 4. The first-order chi connectivity index (χ1) is 12.5. The van der Waals surface area contributed by atoms with Crippen molar-refractivity contribution in [3.63, 3.8) is 0 Å². The maximum Gasteiger partial charge on any atom is 0.266 e. The maximum absolute atomic E-state index is 12.3. The smallest absolute Gasteiger partial charge is 0.266 e. The van der Waals surface area contributed by atoms with E-state index in [2.05, 4.69) is 22.6 Å². The summed E-state index contributed by atoms with van der Waals surface area (Å²) in [5.74, 6) is 0.777. The van der Waals surface area contributed by atoms with E-state index in [1.54, 1.807) is 4.90 Å². The zero-order valence-electron chi connectivity index (χ0n) is 13.9. The highest BCUT2D eigenvalue weighted by atomic mass is 127. The van der Waals surface area contributed by atoms with Gasteiger partial charge in [-0.1, -0.05) is 53.8 Å². The number of thiocarbonyl (C=S) groups is 1. The van der Waals surface area contributed by atoms with Crippen LogP contribution in [0.2, 0.25) is 5.02 Å². The minimum atomic E-state index is -0.0272. The fraction of sp³-hybridized carbons (Fsp3) is 0.158. The summed E-state index contributed by atoms with van der Waals surface area (Å²) in [6, 6.07) is 13.4. The minimum absolute atomic E-state index is 0.0272. The van der Waals surface area contributed by atoms with Crippen molar-refractivity contribution in [3.8, 4) is 5.75 Å². The van der Waals surface area contributed by atoms with Gasteiger partial charge in [-0.05, 0) is 71.0 Å². The molecule has 134 valence electrons. The quantitative estimate of drug-likeness (QED) is 0.288. The Morgan fingerprint density at radius 1 is 1.27 bits per heavy atom. The van der Waals surface area contributed by atoms with E-state index >= 15 is 0 Å². The molecule has 1 heterocycles. The van der Waals surface area contributed by atoms with Crippen molar-refractivity contribution in [3.05, 3.63) is 67.1 Å². The SMILES string of the molecule is CCN1C(=O)/C(=C/c2ccc(OCc3ccc(Cl)cc3)c(I)c2)SC1=S. The Morgan fingerprint density at radius 3 is 2.62 bits per heavy atom. The number of rotatable bonds is 5. The molecule has 26 heavy (non-hydrogen) atoms. The van der Waals surface area contributed by atoms with Gasteiger partial charge in [0.1, 0.15) is 16.7 Å². The summed E-state index contributed by atoms with van der Waals surface area (Å²) in [5.41, 5.74) is 2.00. The van der Waals surface area contributed by atoms with E-state index in [0.717, 1.165) is 20.4 Å². The van der Waals surface area contributed by atoms with Crippen molar-refractivity contribution >= 4 is 74.5 Å². The van der Waals surface area contributed by atoms with Crippen LogP contribution in [-0.4, -0.2) is 21.7 Å². The highest BCUT2D eigenvalue weighted by Gasteiger charge is 2.30. The third kappa shape index (κ3) is 4.60. The van der Waals surface area contributed by atoms with Gasteiger partial charge in [0, 0.05) is 11.6 Å². The molecule has 0 aromatic heterocycles. The molecule has 0 N–H and O–H groups in total. The van der Waals surface area contributed by atoms with Crippen LogP contribution < -0.4 is 4.74 Å². The number of halogens is 2. The molecule has 1 amide bonds. The lowest BCUT2D eigenvalue weighted by atomic mass is 10.2. The topological polar surface area (TPSA) is 29.5 Å². The zero-order valence-corrected chi connectivity index (χ0v) is 18.4. The fourth-order valence-corrected chi connectivity index (χ4v) is 4.59. The normalized spacial score (nSPS) is 15.8. The average Bonchev–Trinajstić information content (AvgIpc) is 2.88. The van der Waals surface area contributed by atoms with E-state index < -0.39 is 0 Å². The van der Waals surface area contributed by atoms with E-state index in [1.807, 2.05) is 55.5 Å². The van der Waals surface area contributed by atoms with Gasteiger partial charge in [-0.2, -0.15) is 0 Å². The van der Waals surface area contributed by atoms with Crippen LogP contribution in [0.5, 0.6) is 5.75 Å². The minimum Gasteiger partial charge on any atom is -0.488 e. The lowest BCUT2D eigenvalue weighted by molar-refractivity contribution is -0.121. The molecule has 7 heteroatoms. The number of nitrogens with zero attached hydrogens (tertiary/aromatic N) is 1. The first-order valence-electron chi connectivity index (χ1n) is 7.90. The number of benzene rings is 2. The number of likely N-dealkylation sites (N-methyl/N-ethyl adjacent to an activating group) is 1. The van der Waals surface area contributed by atoms with Gasteiger partial charge in [-0.25, -0.2) is 0 Å². The number of carbonyl (C=O) groups excluding carboxylic acids is 1. The Bertz CT molecular complexity index is 884. The molecule has 0 aliphatic carbocycles. The van der Waals surface area contributed by atoms with E-state index in [1.165, 1.54) is 11.8 Å². The second-order valence-electron chi connectivity index (χ2n) is 5.53. The van der Waals surface area contributed by atoms with Gasteiger partial charge < -0.3 is 4.74 Å². The van der Waals surface area contributed by atoms with Crippen LogP contribution in [0.4, 0.5) is 0 Å². The first-order valence-corrected chi connectivity index (χ1v) is 10.6. The predicted octanol–water partition coefficient (Wildman–Crippen LogP) is 5.74. The Hall–Kier alpha value is -1.09. The maximum atomic E-state index is 12.3. The molecule has 1 fully saturated rings. The molecule has 0 bridgehead atoms. The third-order valence-electron chi connectivity index (χ3n) is 3.75. The number of thioether (sulfide) groups is 1. The molecule has 0 radical (unpaired) electrons. The molecule has 1 aliphatic rings. The number of amides is 1. The lowest BCUT2D eigenvalue weighted by Crippen LogP contribution is -2.27. The number of ether oxygens (including phenoxy) is 1. The van der Waals surface area contributed by atoms with Crippen LogP contribution in [-0.2, 0) is 11.4 Å². The zero-order chi connectivity index (χ0) is 18.7. The van der Waals surface area contributed by atoms with Gasteiger partial charge >= 0.3 is 0 Å². The van der Waals surface area contributed by atoms with E-state index in [0.29, 0.717) is 27.4 Å². The Morgan fingerprint density at radius 2 is 2.00 bits per heavy atom. The van der Waals surface area contributed by atoms with E-state index in [-0.39, 0.29) is 5.91 Å². The second kappa shape index (κ2) is 8.73. The molecule has 3 rings (SSSR count). The van der Waals surface area contributed by atoms with Gasteiger partial charge in [-0.15, -0.1) is 0 Å². The summed E-state index contributed by atoms with van der Waals surface area (Å²) in [6.07, 6.45) is 1.88. The summed E-state index contributed by atoms with van der Waals surface area (Å²) in [5, 5.41) is 0.709. The van der Waals surface area contributed by atoms with Crippen LogP contribution >= 0.6 is 58.2 Å². The largest absolute Gasteiger partial charge is 0.488 e. The van der Waals surface area contributed by atoms with Crippen molar-refractivity contribution in [2.24, 2.45) is 0 Å². The Kier molecular flexibility index (Phi) is 6.60. The first kappa shape index (κ1) is 19.7. The van der Waals surface area contributed by atoms with Crippen LogP contribution in [0.25, 0.3) is 6.08 Å². The molecular formula is C19H15ClINO2S2. The summed E-state index contributed by atoms with van der Waals surface area (Å²) in [4.78, 5) is 14.6. The van der Waals surface area contributed by atoms with Crippen LogP contribution in [0.3, 0.4) is 0 Å². The van der Waals surface area contributed by atoms with Crippen LogP contribution in [0, 0.1) is 3.57 Å². The average molecular weight is 516 g/mol. The van der Waals surface area contributed by atoms with Crippen LogP contribution in [0.15, 0.2) is 47.4 Å². The van der Waals surface area contributed by atoms with Gasteiger partial charge in [0.05, 0.1) is 8.48 Å². The van der Waals surface area contributed by atoms with Gasteiger partial charge in [0.25, 0.3) is 5.91 Å². The Labute approximate surface area is 180 Å². The van der Waals surface area contributed by atoms with Gasteiger partial charge in [-0.3, -0.25) is 9.69 Å². The second-order valence-corrected chi connectivity index (χ2v) is 8.81. The molecule has 0 saturated carbocycles. The molecule has 1 saturated heterocycles. The van der Waals surface area contributed by atoms with Crippen molar-refractivity contribution in [2.45, 2.75) is 13.5 Å². The molecule has 1 aliphatic heterocycles. The number of carbonyl (C=O) groups is 1. The Balaban J connectivity index is 1.71. The van der Waals surface area contributed by atoms with Gasteiger partial charge in [0.15, 0.2) is 0 Å². The number of hydrogen-bond donors (Lipinski definition) is 0. The third-order valence-corrected chi connectivity index (χ3v) is 6.22. The monoisotopic (exact) mass is 515 g/mol. The summed E-state index contributed by atoms with van der Waals surface area (Å²) < 4.78 is 7.48. The van der Waals surface area contributed by atoms with Crippen molar-refractivity contribution in [2.75, 3.05) is 6.54 Å². The van der Waals surface area contributed by atoms with E-state index in [9.17, 15) is 4.79 Å².